The summed E-state index contributed by atoms with van der Waals surface area (Å²) in [5.41, 5.74) is 0.649. The first-order valence-corrected chi connectivity index (χ1v) is 5.66. The second-order valence-electron chi connectivity index (χ2n) is 3.53. The third-order valence-corrected chi connectivity index (χ3v) is 2.45. The highest BCUT2D eigenvalue weighted by atomic mass is 35.5. The number of carboxylic acid groups (broad SMARTS) is 1. The highest BCUT2D eigenvalue weighted by Gasteiger charge is 2.11. The molecule has 0 fully saturated rings. The summed E-state index contributed by atoms with van der Waals surface area (Å²) in [5, 5.41) is 11.8. The molecule has 19 heavy (non-hydrogen) atoms. The number of methoxy groups -OCH3 is 1. The number of rotatable bonds is 4. The van der Waals surface area contributed by atoms with Crippen LogP contribution in [-0.2, 0) is 0 Å². The smallest absolute Gasteiger partial charge is 0.374 e. The molecule has 0 amide bonds. The van der Waals surface area contributed by atoms with Crippen LogP contribution in [0.3, 0.4) is 0 Å². The molecule has 0 saturated carbocycles. The molecule has 1 aromatic heterocycles. The second kappa shape index (κ2) is 5.53. The summed E-state index contributed by atoms with van der Waals surface area (Å²) >= 11 is 5.75. The van der Waals surface area contributed by atoms with Gasteiger partial charge in [-0.3, -0.25) is 0 Å². The summed E-state index contributed by atoms with van der Waals surface area (Å²) in [6.07, 6.45) is 0. The Bertz CT molecular complexity index is 619. The van der Waals surface area contributed by atoms with E-state index in [-0.39, 0.29) is 16.8 Å². The standard InChI is InChI=1S/C12H10ClN3O3/c1-19-8-5-3-2-4-7(8)14-10-6-9(13)15-11(16-10)12(17)18/h2-6H,1H3,(H,17,18)(H,14,15,16). The van der Waals surface area contributed by atoms with Crippen LogP contribution in [-0.4, -0.2) is 28.2 Å². The van der Waals surface area contributed by atoms with E-state index in [2.05, 4.69) is 15.3 Å². The average Bonchev–Trinajstić information content (AvgIpc) is 2.38. The molecule has 7 heteroatoms. The van der Waals surface area contributed by atoms with Gasteiger partial charge >= 0.3 is 5.97 Å². The number of hydrogen-bond donors (Lipinski definition) is 2. The van der Waals surface area contributed by atoms with Crippen molar-refractivity contribution in [1.29, 1.82) is 0 Å². The Balaban J connectivity index is 2.35. The Kier molecular flexibility index (Phi) is 3.82. The summed E-state index contributed by atoms with van der Waals surface area (Å²) in [6.45, 7) is 0. The lowest BCUT2D eigenvalue weighted by atomic mass is 10.3. The van der Waals surface area contributed by atoms with Crippen LogP contribution in [0, 0.1) is 0 Å². The lowest BCUT2D eigenvalue weighted by Gasteiger charge is -2.10. The maximum absolute atomic E-state index is 10.8. The number of hydrogen-bond acceptors (Lipinski definition) is 5. The van der Waals surface area contributed by atoms with Crippen LogP contribution >= 0.6 is 11.6 Å². The molecule has 2 aromatic rings. The van der Waals surface area contributed by atoms with Gasteiger partial charge in [-0.2, -0.15) is 0 Å². The Morgan fingerprint density at radius 2 is 2.11 bits per heavy atom. The number of aromatic nitrogens is 2. The number of anilines is 2. The van der Waals surface area contributed by atoms with E-state index >= 15 is 0 Å². The molecule has 0 bridgehead atoms. The molecule has 2 rings (SSSR count). The van der Waals surface area contributed by atoms with Crippen LogP contribution in [0.1, 0.15) is 10.6 Å². The van der Waals surface area contributed by atoms with Crippen LogP contribution in [0.25, 0.3) is 0 Å². The molecule has 1 aromatic carbocycles. The minimum atomic E-state index is -1.24. The first-order valence-electron chi connectivity index (χ1n) is 5.28. The van der Waals surface area contributed by atoms with Crippen molar-refractivity contribution in [3.63, 3.8) is 0 Å². The number of nitrogens with one attached hydrogen (secondary N) is 1. The van der Waals surface area contributed by atoms with Crippen molar-refractivity contribution in [2.45, 2.75) is 0 Å². The molecule has 0 radical (unpaired) electrons. The fourth-order valence-corrected chi connectivity index (χ4v) is 1.65. The third-order valence-electron chi connectivity index (χ3n) is 2.26. The van der Waals surface area contributed by atoms with Gasteiger partial charge in [0.25, 0.3) is 0 Å². The van der Waals surface area contributed by atoms with Crippen molar-refractivity contribution in [3.05, 3.63) is 41.3 Å². The average molecular weight is 280 g/mol. The van der Waals surface area contributed by atoms with Crippen molar-refractivity contribution < 1.29 is 14.6 Å². The first-order chi connectivity index (χ1) is 9.10. The van der Waals surface area contributed by atoms with E-state index in [1.165, 1.54) is 13.2 Å². The van der Waals surface area contributed by atoms with Gasteiger partial charge in [0.15, 0.2) is 0 Å². The van der Waals surface area contributed by atoms with Gasteiger partial charge in [0.1, 0.15) is 16.7 Å². The number of ether oxygens (including phenoxy) is 1. The van der Waals surface area contributed by atoms with Gasteiger partial charge in [0.2, 0.25) is 5.82 Å². The minimum absolute atomic E-state index is 0.0461. The largest absolute Gasteiger partial charge is 0.495 e. The number of carbonyl (C=O) groups is 1. The van der Waals surface area contributed by atoms with Crippen molar-refractivity contribution >= 4 is 29.1 Å². The third kappa shape index (κ3) is 3.11. The van der Waals surface area contributed by atoms with E-state index in [1.54, 1.807) is 12.1 Å². The number of para-hydroxylation sites is 2. The molecule has 2 N–H and O–H groups in total. The molecular weight excluding hydrogens is 270 g/mol. The Hall–Kier alpha value is -2.34. The summed E-state index contributed by atoms with van der Waals surface area (Å²) in [5.74, 6) is -0.730. The van der Waals surface area contributed by atoms with Gasteiger partial charge in [-0.1, -0.05) is 23.7 Å². The number of carboxylic acids is 1. The van der Waals surface area contributed by atoms with Gasteiger partial charge in [-0.15, -0.1) is 0 Å². The van der Waals surface area contributed by atoms with Crippen molar-refractivity contribution in [1.82, 2.24) is 9.97 Å². The molecule has 0 aliphatic rings. The van der Waals surface area contributed by atoms with Crippen molar-refractivity contribution in [3.8, 4) is 5.75 Å². The van der Waals surface area contributed by atoms with Gasteiger partial charge in [0.05, 0.1) is 12.8 Å². The monoisotopic (exact) mass is 279 g/mol. The van der Waals surface area contributed by atoms with E-state index in [0.717, 1.165) is 0 Å². The molecule has 0 atom stereocenters. The Morgan fingerprint density at radius 3 is 2.79 bits per heavy atom. The molecule has 1 heterocycles. The van der Waals surface area contributed by atoms with Gasteiger partial charge in [-0.25, -0.2) is 14.8 Å². The fraction of sp³-hybridized carbons (Fsp3) is 0.0833. The predicted molar refractivity (Wildman–Crippen MR) is 70.3 cm³/mol. The minimum Gasteiger partial charge on any atom is -0.495 e. The van der Waals surface area contributed by atoms with Crippen molar-refractivity contribution in [2.75, 3.05) is 12.4 Å². The van der Waals surface area contributed by atoms with E-state index in [0.29, 0.717) is 11.4 Å². The summed E-state index contributed by atoms with van der Waals surface area (Å²) in [4.78, 5) is 18.3. The van der Waals surface area contributed by atoms with E-state index in [4.69, 9.17) is 21.4 Å². The number of halogens is 1. The zero-order valence-corrected chi connectivity index (χ0v) is 10.7. The summed E-state index contributed by atoms with van der Waals surface area (Å²) in [6, 6.07) is 8.60. The van der Waals surface area contributed by atoms with Gasteiger partial charge < -0.3 is 15.2 Å². The quantitative estimate of drug-likeness (QED) is 0.837. The number of benzene rings is 1. The lowest BCUT2D eigenvalue weighted by molar-refractivity contribution is 0.0683. The van der Waals surface area contributed by atoms with Crippen LogP contribution in [0.4, 0.5) is 11.5 Å². The molecule has 98 valence electrons. The Labute approximate surface area is 114 Å². The molecular formula is C12H10ClN3O3. The normalized spacial score (nSPS) is 10.0. The lowest BCUT2D eigenvalue weighted by Crippen LogP contribution is -2.06. The zero-order chi connectivity index (χ0) is 13.8. The maximum Gasteiger partial charge on any atom is 0.374 e. The van der Waals surface area contributed by atoms with Crippen LogP contribution in [0.15, 0.2) is 30.3 Å². The molecule has 0 aliphatic carbocycles. The predicted octanol–water partition coefficient (Wildman–Crippen LogP) is 2.58. The maximum atomic E-state index is 10.8. The van der Waals surface area contributed by atoms with Crippen molar-refractivity contribution in [2.24, 2.45) is 0 Å². The summed E-state index contributed by atoms with van der Waals surface area (Å²) < 4.78 is 5.17. The highest BCUT2D eigenvalue weighted by molar-refractivity contribution is 6.29. The second-order valence-corrected chi connectivity index (χ2v) is 3.92. The fourth-order valence-electron chi connectivity index (χ4n) is 1.46. The number of aromatic carboxylic acids is 1. The Morgan fingerprint density at radius 1 is 1.37 bits per heavy atom. The number of nitrogens with zero attached hydrogens (tertiary/aromatic N) is 2. The molecule has 0 aliphatic heterocycles. The van der Waals surface area contributed by atoms with E-state index < -0.39 is 5.97 Å². The van der Waals surface area contributed by atoms with Crippen LogP contribution in [0.2, 0.25) is 5.15 Å². The topological polar surface area (TPSA) is 84.3 Å². The molecule has 0 saturated heterocycles. The molecule has 6 nitrogen and oxygen atoms in total. The zero-order valence-electron chi connectivity index (χ0n) is 9.92. The van der Waals surface area contributed by atoms with Gasteiger partial charge in [-0.05, 0) is 12.1 Å². The molecule has 0 spiro atoms. The van der Waals surface area contributed by atoms with E-state index in [9.17, 15) is 4.79 Å². The molecule has 0 unspecified atom stereocenters. The first kappa shape index (κ1) is 13.1. The van der Waals surface area contributed by atoms with E-state index in [1.807, 2.05) is 12.1 Å². The van der Waals surface area contributed by atoms with Gasteiger partial charge in [0, 0.05) is 6.07 Å². The van der Waals surface area contributed by atoms with Crippen LogP contribution in [0.5, 0.6) is 5.75 Å². The highest BCUT2D eigenvalue weighted by Crippen LogP contribution is 2.26. The SMILES string of the molecule is COc1ccccc1Nc1cc(Cl)nc(C(=O)O)n1. The van der Waals surface area contributed by atoms with Crippen LogP contribution < -0.4 is 10.1 Å². The summed E-state index contributed by atoms with van der Waals surface area (Å²) in [7, 11) is 1.54.